The van der Waals surface area contributed by atoms with E-state index in [1.807, 2.05) is 0 Å². The molecular weight excluding hydrogens is 156 g/mol. The van der Waals surface area contributed by atoms with Crippen LogP contribution in [-0.4, -0.2) is 0 Å². The Morgan fingerprint density at radius 1 is 0.923 bits per heavy atom. The van der Waals surface area contributed by atoms with Gasteiger partial charge in [-0.05, 0) is 19.3 Å². The first-order valence-electron chi connectivity index (χ1n) is 5.52. The van der Waals surface area contributed by atoms with Crippen LogP contribution < -0.4 is 0 Å². The van der Waals surface area contributed by atoms with Crippen LogP contribution in [0.1, 0.15) is 51.9 Å². The van der Waals surface area contributed by atoms with Gasteiger partial charge in [0.25, 0.3) is 0 Å². The van der Waals surface area contributed by atoms with E-state index in [-0.39, 0.29) is 0 Å². The lowest BCUT2D eigenvalue weighted by Crippen LogP contribution is -1.73. The van der Waals surface area contributed by atoms with Crippen LogP contribution in [0.3, 0.4) is 0 Å². The monoisotopic (exact) mass is 179 g/mol. The highest BCUT2D eigenvalue weighted by Gasteiger charge is 1.83. The summed E-state index contributed by atoms with van der Waals surface area (Å²) in [7, 11) is 0. The van der Waals surface area contributed by atoms with Crippen molar-refractivity contribution in [2.45, 2.75) is 51.9 Å². The molecule has 0 spiro atoms. The standard InChI is InChI=1S/C13H23/c1-3-5-7-9-11-13-12-10-8-6-4-2/h8,10,12-13H,1,3-7,9,11H2,2H3/b10-8+,13-12+. The fourth-order valence-electron chi connectivity index (χ4n) is 1.13. The molecule has 0 unspecified atom stereocenters. The number of rotatable bonds is 8. The average molecular weight is 179 g/mol. The van der Waals surface area contributed by atoms with Crippen molar-refractivity contribution in [1.29, 1.82) is 0 Å². The number of unbranched alkanes of at least 4 members (excludes halogenated alkanes) is 5. The van der Waals surface area contributed by atoms with Gasteiger partial charge in [0.2, 0.25) is 0 Å². The van der Waals surface area contributed by atoms with E-state index in [9.17, 15) is 0 Å². The van der Waals surface area contributed by atoms with E-state index < -0.39 is 0 Å². The largest absolute Gasteiger partial charge is 0.0846 e. The van der Waals surface area contributed by atoms with Gasteiger partial charge in [-0.2, -0.15) is 0 Å². The Hall–Kier alpha value is -0.520. The van der Waals surface area contributed by atoms with Gasteiger partial charge < -0.3 is 0 Å². The normalized spacial score (nSPS) is 11.8. The fraction of sp³-hybridized carbons (Fsp3) is 0.615. The molecule has 0 nitrogen and oxygen atoms in total. The van der Waals surface area contributed by atoms with Crippen molar-refractivity contribution >= 4 is 0 Å². The summed E-state index contributed by atoms with van der Waals surface area (Å²) < 4.78 is 0. The topological polar surface area (TPSA) is 0 Å². The second-order valence-electron chi connectivity index (χ2n) is 3.35. The minimum Gasteiger partial charge on any atom is -0.0846 e. The van der Waals surface area contributed by atoms with Crippen molar-refractivity contribution < 1.29 is 0 Å². The van der Waals surface area contributed by atoms with Gasteiger partial charge in [0.05, 0.1) is 0 Å². The summed E-state index contributed by atoms with van der Waals surface area (Å²) in [5.41, 5.74) is 0. The third-order valence-corrected chi connectivity index (χ3v) is 1.96. The summed E-state index contributed by atoms with van der Waals surface area (Å²) >= 11 is 0. The molecule has 0 aromatic carbocycles. The van der Waals surface area contributed by atoms with E-state index in [4.69, 9.17) is 0 Å². The Kier molecular flexibility index (Phi) is 11.0. The molecule has 0 bridgehead atoms. The van der Waals surface area contributed by atoms with Crippen LogP contribution in [0.15, 0.2) is 24.3 Å². The molecule has 1 radical (unpaired) electrons. The highest BCUT2D eigenvalue weighted by Crippen LogP contribution is 2.02. The minimum absolute atomic E-state index is 1.08. The molecule has 0 saturated heterocycles. The fourth-order valence-corrected chi connectivity index (χ4v) is 1.13. The van der Waals surface area contributed by atoms with Crippen LogP contribution in [0, 0.1) is 6.92 Å². The molecule has 0 aliphatic rings. The van der Waals surface area contributed by atoms with E-state index in [2.05, 4.69) is 38.2 Å². The molecule has 75 valence electrons. The molecule has 0 heteroatoms. The van der Waals surface area contributed by atoms with Crippen LogP contribution in [0.5, 0.6) is 0 Å². The summed E-state index contributed by atoms with van der Waals surface area (Å²) in [6.45, 7) is 6.03. The van der Waals surface area contributed by atoms with Gasteiger partial charge in [0.1, 0.15) is 0 Å². The Morgan fingerprint density at radius 2 is 1.62 bits per heavy atom. The molecule has 0 aromatic heterocycles. The first-order chi connectivity index (χ1) is 6.41. The maximum atomic E-state index is 3.82. The van der Waals surface area contributed by atoms with Gasteiger partial charge in [0, 0.05) is 0 Å². The van der Waals surface area contributed by atoms with Crippen LogP contribution in [0.4, 0.5) is 0 Å². The highest BCUT2D eigenvalue weighted by atomic mass is 13.9. The SMILES string of the molecule is [CH2]CCCCC/C=C/C=C/CCC. The van der Waals surface area contributed by atoms with Gasteiger partial charge in [0.15, 0.2) is 0 Å². The zero-order chi connectivity index (χ0) is 9.78. The van der Waals surface area contributed by atoms with E-state index >= 15 is 0 Å². The number of hydrogen-bond acceptors (Lipinski definition) is 0. The zero-order valence-electron chi connectivity index (χ0n) is 8.97. The van der Waals surface area contributed by atoms with E-state index in [0.717, 1.165) is 6.42 Å². The van der Waals surface area contributed by atoms with Crippen LogP contribution in [-0.2, 0) is 0 Å². The maximum absolute atomic E-state index is 3.82. The van der Waals surface area contributed by atoms with Crippen molar-refractivity contribution in [2.24, 2.45) is 0 Å². The van der Waals surface area contributed by atoms with Crippen molar-refractivity contribution in [1.82, 2.24) is 0 Å². The molecule has 0 aromatic rings. The van der Waals surface area contributed by atoms with E-state index in [1.54, 1.807) is 0 Å². The Labute approximate surface area is 83.7 Å². The number of allylic oxidation sites excluding steroid dienone is 4. The Morgan fingerprint density at radius 3 is 2.23 bits per heavy atom. The molecule has 0 heterocycles. The van der Waals surface area contributed by atoms with Crippen LogP contribution in [0.2, 0.25) is 0 Å². The van der Waals surface area contributed by atoms with Crippen molar-refractivity contribution in [3.05, 3.63) is 31.2 Å². The second-order valence-corrected chi connectivity index (χ2v) is 3.35. The first-order valence-corrected chi connectivity index (χ1v) is 5.52. The lowest BCUT2D eigenvalue weighted by atomic mass is 10.1. The molecule has 0 aliphatic carbocycles. The molecule has 0 N–H and O–H groups in total. The quantitative estimate of drug-likeness (QED) is 0.375. The molecule has 0 fully saturated rings. The third-order valence-electron chi connectivity index (χ3n) is 1.96. The summed E-state index contributed by atoms with van der Waals surface area (Å²) in [5, 5.41) is 0. The van der Waals surface area contributed by atoms with Gasteiger partial charge >= 0.3 is 0 Å². The van der Waals surface area contributed by atoms with E-state index in [1.165, 1.54) is 38.5 Å². The lowest BCUT2D eigenvalue weighted by molar-refractivity contribution is 0.695. The van der Waals surface area contributed by atoms with Crippen molar-refractivity contribution in [2.75, 3.05) is 0 Å². The smallest absolute Gasteiger partial charge is 0.0348 e. The molecule has 0 rings (SSSR count). The van der Waals surface area contributed by atoms with Gasteiger partial charge in [-0.1, -0.05) is 63.8 Å². The first kappa shape index (κ1) is 12.5. The average Bonchev–Trinajstić information content (AvgIpc) is 2.16. The van der Waals surface area contributed by atoms with Crippen LogP contribution >= 0.6 is 0 Å². The maximum Gasteiger partial charge on any atom is -0.0348 e. The number of hydrogen-bond donors (Lipinski definition) is 0. The van der Waals surface area contributed by atoms with E-state index in [0.29, 0.717) is 0 Å². The lowest BCUT2D eigenvalue weighted by Gasteiger charge is -1.92. The van der Waals surface area contributed by atoms with Crippen molar-refractivity contribution in [3.63, 3.8) is 0 Å². The van der Waals surface area contributed by atoms with Gasteiger partial charge in [-0.3, -0.25) is 0 Å². The predicted octanol–water partition coefficient (Wildman–Crippen LogP) is 4.68. The molecule has 0 aliphatic heterocycles. The molecule has 0 atom stereocenters. The van der Waals surface area contributed by atoms with Crippen LogP contribution in [0.25, 0.3) is 0 Å². The summed E-state index contributed by atoms with van der Waals surface area (Å²) in [5.74, 6) is 0. The summed E-state index contributed by atoms with van der Waals surface area (Å²) in [6.07, 6.45) is 17.5. The summed E-state index contributed by atoms with van der Waals surface area (Å²) in [6, 6.07) is 0. The van der Waals surface area contributed by atoms with Gasteiger partial charge in [-0.25, -0.2) is 0 Å². The second kappa shape index (κ2) is 11.5. The highest BCUT2D eigenvalue weighted by molar-refractivity contribution is 5.01. The zero-order valence-corrected chi connectivity index (χ0v) is 8.97. The predicted molar refractivity (Wildman–Crippen MR) is 61.6 cm³/mol. The van der Waals surface area contributed by atoms with Gasteiger partial charge in [-0.15, -0.1) is 0 Å². The molecular formula is C13H23. The molecule has 13 heavy (non-hydrogen) atoms. The van der Waals surface area contributed by atoms with Crippen molar-refractivity contribution in [3.8, 4) is 0 Å². The minimum atomic E-state index is 1.08. The Balaban J connectivity index is 3.12. The molecule has 0 saturated carbocycles. The molecule has 0 amide bonds. The third kappa shape index (κ3) is 11.5. The summed E-state index contributed by atoms with van der Waals surface area (Å²) in [4.78, 5) is 0. The Bertz CT molecular complexity index is 131.